The van der Waals surface area contributed by atoms with Crippen LogP contribution in [0.5, 0.6) is 5.88 Å². The molecule has 0 unspecified atom stereocenters. The molecule has 36 heavy (non-hydrogen) atoms. The molecular weight excluding hydrogens is 504 g/mol. The normalized spacial score (nSPS) is 20.5. The molecule has 1 spiro atoms. The molecule has 3 aliphatic heterocycles. The van der Waals surface area contributed by atoms with E-state index in [9.17, 15) is 18.0 Å². The van der Waals surface area contributed by atoms with Crippen molar-refractivity contribution in [3.63, 3.8) is 0 Å². The van der Waals surface area contributed by atoms with Crippen LogP contribution < -0.4 is 15.0 Å². The minimum Gasteiger partial charge on any atom is -0.476 e. The quantitative estimate of drug-likeness (QED) is 0.499. The molecule has 0 atom stereocenters. The molecule has 3 aliphatic rings. The Bertz CT molecular complexity index is 1320. The third-order valence-electron chi connectivity index (χ3n) is 6.16. The number of carbonyl (C=O) groups is 2. The molecule has 3 saturated heterocycles. The molecule has 0 bridgehead atoms. The van der Waals surface area contributed by atoms with E-state index >= 15 is 0 Å². The molecule has 1 aromatic carbocycles. The summed E-state index contributed by atoms with van der Waals surface area (Å²) in [5.41, 5.74) is 0.314. The van der Waals surface area contributed by atoms with Crippen LogP contribution in [0.15, 0.2) is 46.2 Å². The maximum absolute atomic E-state index is 12.8. The van der Waals surface area contributed by atoms with Gasteiger partial charge in [0.25, 0.3) is 11.1 Å². The zero-order valence-electron chi connectivity index (χ0n) is 19.9. The molecule has 0 aliphatic carbocycles. The molecule has 1 N–H and O–H groups in total. The SMILES string of the molecule is CN(C)CCOc1cc(C=C2SC(=O)NC2=O)nc(N2CC3(C2)CN(S(=O)(=O)c2ccccc2)C3)n1. The smallest absolute Gasteiger partial charge is 0.290 e. The summed E-state index contributed by atoms with van der Waals surface area (Å²) >= 11 is 0.821. The molecule has 2 amide bonds. The third-order valence-corrected chi connectivity index (χ3v) is 8.78. The van der Waals surface area contributed by atoms with Crippen molar-refractivity contribution in [1.82, 2.24) is 24.5 Å². The second-order valence-electron chi connectivity index (χ2n) is 9.38. The van der Waals surface area contributed by atoms with Gasteiger partial charge in [-0.2, -0.15) is 9.29 Å². The summed E-state index contributed by atoms with van der Waals surface area (Å²) in [5.74, 6) is 0.345. The fourth-order valence-corrected chi connectivity index (χ4v) is 6.68. The Labute approximate surface area is 213 Å². The van der Waals surface area contributed by atoms with Gasteiger partial charge < -0.3 is 14.5 Å². The number of hydrogen-bond acceptors (Lipinski definition) is 10. The largest absolute Gasteiger partial charge is 0.476 e. The van der Waals surface area contributed by atoms with E-state index in [0.29, 0.717) is 61.7 Å². The average Bonchev–Trinajstić information content (AvgIpc) is 3.08. The lowest BCUT2D eigenvalue weighted by Gasteiger charge is -2.59. The topological polar surface area (TPSA) is 125 Å². The van der Waals surface area contributed by atoms with Crippen molar-refractivity contribution in [2.75, 3.05) is 58.3 Å². The first-order chi connectivity index (χ1) is 17.1. The predicted molar refractivity (Wildman–Crippen MR) is 135 cm³/mol. The lowest BCUT2D eigenvalue weighted by Crippen LogP contribution is -2.73. The molecule has 3 fully saturated rings. The Morgan fingerprint density at radius 1 is 1.14 bits per heavy atom. The van der Waals surface area contributed by atoms with Crippen molar-refractivity contribution < 1.29 is 22.7 Å². The molecular formula is C23H26N6O5S2. The number of sulfonamides is 1. The van der Waals surface area contributed by atoms with Gasteiger partial charge in [-0.3, -0.25) is 14.9 Å². The van der Waals surface area contributed by atoms with Crippen molar-refractivity contribution >= 4 is 45.0 Å². The highest BCUT2D eigenvalue weighted by Crippen LogP contribution is 2.43. The highest BCUT2D eigenvalue weighted by molar-refractivity contribution is 8.18. The maximum Gasteiger partial charge on any atom is 0.290 e. The molecule has 2 aromatic rings. The van der Waals surface area contributed by atoms with Gasteiger partial charge in [-0.25, -0.2) is 13.4 Å². The van der Waals surface area contributed by atoms with Crippen molar-refractivity contribution in [1.29, 1.82) is 0 Å². The maximum atomic E-state index is 12.8. The highest BCUT2D eigenvalue weighted by atomic mass is 32.2. The van der Waals surface area contributed by atoms with Gasteiger partial charge in [0.15, 0.2) is 0 Å². The first-order valence-corrected chi connectivity index (χ1v) is 13.6. The van der Waals surface area contributed by atoms with Gasteiger partial charge >= 0.3 is 0 Å². The van der Waals surface area contributed by atoms with E-state index in [1.54, 1.807) is 42.5 Å². The Kier molecular flexibility index (Phi) is 6.49. The van der Waals surface area contributed by atoms with Crippen molar-refractivity contribution in [2.45, 2.75) is 4.90 Å². The number of aromatic nitrogens is 2. The molecule has 11 nitrogen and oxygen atoms in total. The van der Waals surface area contributed by atoms with E-state index < -0.39 is 21.2 Å². The number of imide groups is 1. The fraction of sp³-hybridized carbons (Fsp3) is 0.391. The van der Waals surface area contributed by atoms with Crippen molar-refractivity contribution in [2.24, 2.45) is 5.41 Å². The lowest BCUT2D eigenvalue weighted by atomic mass is 9.74. The van der Waals surface area contributed by atoms with Crippen molar-refractivity contribution in [3.8, 4) is 5.88 Å². The number of hydrogen-bond donors (Lipinski definition) is 1. The molecule has 5 rings (SSSR count). The monoisotopic (exact) mass is 530 g/mol. The first-order valence-electron chi connectivity index (χ1n) is 11.4. The third kappa shape index (κ3) is 4.96. The number of carbonyl (C=O) groups excluding carboxylic acids is 2. The summed E-state index contributed by atoms with van der Waals surface area (Å²) < 4.78 is 33.0. The van der Waals surface area contributed by atoms with E-state index in [0.717, 1.165) is 11.8 Å². The Hall–Kier alpha value is -3.00. The van der Waals surface area contributed by atoms with Gasteiger partial charge in [-0.1, -0.05) is 18.2 Å². The van der Waals surface area contributed by atoms with E-state index in [2.05, 4.69) is 15.3 Å². The number of amides is 2. The number of nitrogens with zero attached hydrogens (tertiary/aromatic N) is 5. The minimum atomic E-state index is -3.50. The van der Waals surface area contributed by atoms with Crippen LogP contribution in [0.3, 0.4) is 0 Å². The first kappa shape index (κ1) is 24.7. The van der Waals surface area contributed by atoms with Gasteiger partial charge in [-0.05, 0) is 44.1 Å². The molecule has 13 heteroatoms. The van der Waals surface area contributed by atoms with Crippen LogP contribution in [0.4, 0.5) is 10.7 Å². The zero-order valence-corrected chi connectivity index (χ0v) is 21.5. The fourth-order valence-electron chi connectivity index (χ4n) is 4.33. The summed E-state index contributed by atoms with van der Waals surface area (Å²) in [6, 6.07) is 10.1. The zero-order chi connectivity index (χ0) is 25.5. The van der Waals surface area contributed by atoms with E-state index in [1.165, 1.54) is 4.31 Å². The van der Waals surface area contributed by atoms with Crippen LogP contribution >= 0.6 is 11.8 Å². The van der Waals surface area contributed by atoms with Crippen molar-refractivity contribution in [3.05, 3.63) is 47.0 Å². The summed E-state index contributed by atoms with van der Waals surface area (Å²) in [7, 11) is 0.381. The van der Waals surface area contributed by atoms with Gasteiger partial charge in [0.05, 0.1) is 15.5 Å². The standard InChI is InChI=1S/C23H26N6O5S2/c1-27(2)8-9-34-19-11-16(10-18-20(30)26-22(31)35-18)24-21(25-19)28-12-23(13-28)14-29(15-23)36(32,33)17-6-4-3-5-7-17/h3-7,10-11H,8-9,12-15H2,1-2H3,(H,26,30,31). The second-order valence-corrected chi connectivity index (χ2v) is 12.3. The lowest BCUT2D eigenvalue weighted by molar-refractivity contribution is -0.115. The van der Waals surface area contributed by atoms with Gasteiger partial charge in [0, 0.05) is 44.2 Å². The average molecular weight is 531 g/mol. The predicted octanol–water partition coefficient (Wildman–Crippen LogP) is 1.25. The highest BCUT2D eigenvalue weighted by Gasteiger charge is 2.56. The Balaban J connectivity index is 1.30. The molecule has 190 valence electrons. The minimum absolute atomic E-state index is 0.140. The molecule has 0 saturated carbocycles. The van der Waals surface area contributed by atoms with Crippen LogP contribution in [0, 0.1) is 5.41 Å². The number of thioether (sulfide) groups is 1. The van der Waals surface area contributed by atoms with E-state index in [-0.39, 0.29) is 10.3 Å². The van der Waals surface area contributed by atoms with Crippen LogP contribution in [0.25, 0.3) is 6.08 Å². The van der Waals surface area contributed by atoms with Crippen LogP contribution in [-0.2, 0) is 14.8 Å². The van der Waals surface area contributed by atoms with Gasteiger partial charge in [0.2, 0.25) is 21.9 Å². The molecule has 0 radical (unpaired) electrons. The summed E-state index contributed by atoms with van der Waals surface area (Å²) in [4.78, 5) is 37.1. The second kappa shape index (κ2) is 9.47. The summed E-state index contributed by atoms with van der Waals surface area (Å²) in [6.07, 6.45) is 1.54. The molecule has 1 aromatic heterocycles. The number of likely N-dealkylation sites (N-methyl/N-ethyl adjacent to an activating group) is 1. The van der Waals surface area contributed by atoms with Crippen LogP contribution in [-0.4, -0.2) is 92.2 Å². The van der Waals surface area contributed by atoms with Gasteiger partial charge in [0.1, 0.15) is 6.61 Å². The van der Waals surface area contributed by atoms with Gasteiger partial charge in [-0.15, -0.1) is 0 Å². The number of benzene rings is 1. The van der Waals surface area contributed by atoms with Crippen LogP contribution in [0.1, 0.15) is 5.69 Å². The number of ether oxygens (including phenoxy) is 1. The molecule has 4 heterocycles. The van der Waals surface area contributed by atoms with E-state index in [4.69, 9.17) is 4.74 Å². The number of nitrogens with one attached hydrogen (secondary N) is 1. The van der Waals surface area contributed by atoms with E-state index in [1.807, 2.05) is 23.9 Å². The number of anilines is 1. The number of rotatable bonds is 8. The summed E-state index contributed by atoms with van der Waals surface area (Å²) in [5, 5.41) is 1.81. The Morgan fingerprint density at radius 3 is 2.50 bits per heavy atom. The van der Waals surface area contributed by atoms with Crippen LogP contribution in [0.2, 0.25) is 0 Å². The summed E-state index contributed by atoms with van der Waals surface area (Å²) in [6.45, 7) is 3.22. The Morgan fingerprint density at radius 2 is 1.86 bits per heavy atom.